The van der Waals surface area contributed by atoms with Crippen LogP contribution >= 0.6 is 0 Å². The van der Waals surface area contributed by atoms with Crippen LogP contribution in [0, 0.1) is 25.7 Å². The fraction of sp³-hybridized carbons (Fsp3) is 0.450. The lowest BCUT2D eigenvalue weighted by molar-refractivity contribution is -0.0502. The molecule has 0 spiro atoms. The lowest BCUT2D eigenvalue weighted by Crippen LogP contribution is -2.34. The summed E-state index contributed by atoms with van der Waals surface area (Å²) in [6.45, 7) is 3.70. The van der Waals surface area contributed by atoms with Gasteiger partial charge in [0.2, 0.25) is 5.95 Å². The van der Waals surface area contributed by atoms with Crippen LogP contribution in [-0.4, -0.2) is 53.6 Å². The van der Waals surface area contributed by atoms with Crippen LogP contribution in [0.2, 0.25) is 0 Å². The van der Waals surface area contributed by atoms with Gasteiger partial charge >= 0.3 is 6.61 Å². The summed E-state index contributed by atoms with van der Waals surface area (Å²) in [6, 6.07) is 8.11. The van der Waals surface area contributed by atoms with Gasteiger partial charge < -0.3 is 14.5 Å². The molecule has 4 rings (SSSR count). The van der Waals surface area contributed by atoms with Crippen molar-refractivity contribution in [2.24, 2.45) is 11.8 Å². The van der Waals surface area contributed by atoms with E-state index in [4.69, 9.17) is 0 Å². The van der Waals surface area contributed by atoms with Crippen molar-refractivity contribution in [3.8, 4) is 5.75 Å². The van der Waals surface area contributed by atoms with Crippen LogP contribution in [-0.2, 0) is 0 Å². The molecule has 2 fully saturated rings. The maximum Gasteiger partial charge on any atom is 0.387 e. The van der Waals surface area contributed by atoms with Crippen molar-refractivity contribution < 1.29 is 18.3 Å². The van der Waals surface area contributed by atoms with Crippen LogP contribution in [0.1, 0.15) is 21.7 Å². The highest BCUT2D eigenvalue weighted by Gasteiger charge is 2.43. The van der Waals surface area contributed by atoms with Crippen molar-refractivity contribution in [3.05, 3.63) is 47.3 Å². The molecule has 6 nitrogen and oxygen atoms in total. The standard InChI is InChI=1S/C20H22F2N4O2/c1-12-7-13(2)24-20(23-12)26-10-14-8-25(9-15(14)11-26)18(27)16-5-3-4-6-17(16)28-19(21)22/h3-7,14-15,19H,8-11H2,1-2H3/t14-,15+. The quantitative estimate of drug-likeness (QED) is 0.806. The van der Waals surface area contributed by atoms with Crippen LogP contribution in [0.15, 0.2) is 30.3 Å². The van der Waals surface area contributed by atoms with E-state index in [0.717, 1.165) is 30.4 Å². The normalized spacial score (nSPS) is 21.3. The number of anilines is 1. The molecule has 1 amide bonds. The van der Waals surface area contributed by atoms with Crippen molar-refractivity contribution in [2.75, 3.05) is 31.1 Å². The fourth-order valence-electron chi connectivity index (χ4n) is 4.18. The third kappa shape index (κ3) is 3.63. The van der Waals surface area contributed by atoms with Crippen molar-refractivity contribution in [1.29, 1.82) is 0 Å². The SMILES string of the molecule is Cc1cc(C)nc(N2C[C@H]3CN(C(=O)c4ccccc4OC(F)F)C[C@H]3C2)n1. The van der Waals surface area contributed by atoms with Gasteiger partial charge in [-0.1, -0.05) is 12.1 Å². The Bertz CT molecular complexity index is 858. The number of rotatable bonds is 4. The molecule has 148 valence electrons. The third-order valence-corrected chi connectivity index (χ3v) is 5.36. The highest BCUT2D eigenvalue weighted by atomic mass is 19.3. The van der Waals surface area contributed by atoms with E-state index in [1.54, 1.807) is 17.0 Å². The number of aromatic nitrogens is 2. The fourth-order valence-corrected chi connectivity index (χ4v) is 4.18. The molecule has 1 aromatic carbocycles. The van der Waals surface area contributed by atoms with E-state index in [9.17, 15) is 13.6 Å². The average Bonchev–Trinajstić information content (AvgIpc) is 3.19. The molecule has 2 saturated heterocycles. The highest BCUT2D eigenvalue weighted by Crippen LogP contribution is 2.34. The number of likely N-dealkylation sites (tertiary alicyclic amines) is 1. The van der Waals surface area contributed by atoms with E-state index >= 15 is 0 Å². The second kappa shape index (κ2) is 7.33. The number of nitrogens with zero attached hydrogens (tertiary/aromatic N) is 4. The van der Waals surface area contributed by atoms with E-state index in [1.807, 2.05) is 19.9 Å². The van der Waals surface area contributed by atoms with Gasteiger partial charge in [0.1, 0.15) is 5.75 Å². The second-order valence-corrected chi connectivity index (χ2v) is 7.46. The molecule has 0 radical (unpaired) electrons. The molecular weight excluding hydrogens is 366 g/mol. The molecule has 0 saturated carbocycles. The van der Waals surface area contributed by atoms with E-state index in [0.29, 0.717) is 24.9 Å². The largest absolute Gasteiger partial charge is 0.434 e. The highest BCUT2D eigenvalue weighted by molar-refractivity contribution is 5.97. The first kappa shape index (κ1) is 18.6. The number of benzene rings is 1. The summed E-state index contributed by atoms with van der Waals surface area (Å²) in [7, 11) is 0. The van der Waals surface area contributed by atoms with Crippen LogP contribution in [0.3, 0.4) is 0 Å². The van der Waals surface area contributed by atoms with Gasteiger partial charge in [-0.25, -0.2) is 9.97 Å². The number of hydrogen-bond donors (Lipinski definition) is 0. The number of amides is 1. The number of fused-ring (bicyclic) bond motifs is 1. The summed E-state index contributed by atoms with van der Waals surface area (Å²) >= 11 is 0. The molecule has 1 aromatic heterocycles. The molecule has 28 heavy (non-hydrogen) atoms. The maximum absolute atomic E-state index is 12.9. The minimum Gasteiger partial charge on any atom is -0.434 e. The van der Waals surface area contributed by atoms with Crippen LogP contribution < -0.4 is 9.64 Å². The van der Waals surface area contributed by atoms with Crippen LogP contribution in [0.4, 0.5) is 14.7 Å². The number of carbonyl (C=O) groups excluding carboxylic acids is 1. The van der Waals surface area contributed by atoms with E-state index < -0.39 is 6.61 Å². The monoisotopic (exact) mass is 388 g/mol. The lowest BCUT2D eigenvalue weighted by atomic mass is 10.0. The minimum absolute atomic E-state index is 0.0789. The number of carbonyl (C=O) groups is 1. The van der Waals surface area contributed by atoms with E-state index in [2.05, 4.69) is 19.6 Å². The first-order valence-corrected chi connectivity index (χ1v) is 9.31. The average molecular weight is 388 g/mol. The van der Waals surface area contributed by atoms with Crippen molar-refractivity contribution in [2.45, 2.75) is 20.5 Å². The van der Waals surface area contributed by atoms with Crippen LogP contribution in [0.25, 0.3) is 0 Å². The summed E-state index contributed by atoms with van der Waals surface area (Å²) in [4.78, 5) is 25.9. The molecule has 0 unspecified atom stereocenters. The number of ether oxygens (including phenoxy) is 1. The summed E-state index contributed by atoms with van der Waals surface area (Å²) in [6.07, 6.45) is 0. The summed E-state index contributed by atoms with van der Waals surface area (Å²) < 4.78 is 29.8. The summed E-state index contributed by atoms with van der Waals surface area (Å²) in [5, 5.41) is 0. The van der Waals surface area contributed by atoms with Gasteiger partial charge in [0.25, 0.3) is 5.91 Å². The predicted molar refractivity (Wildman–Crippen MR) is 99.7 cm³/mol. The Morgan fingerprint density at radius 1 is 1.07 bits per heavy atom. The molecule has 0 N–H and O–H groups in total. The number of halogens is 2. The molecule has 3 heterocycles. The Balaban J connectivity index is 1.45. The molecule has 0 bridgehead atoms. The Hall–Kier alpha value is -2.77. The zero-order chi connectivity index (χ0) is 19.8. The maximum atomic E-state index is 12.9. The van der Waals surface area contributed by atoms with Gasteiger partial charge in [-0.3, -0.25) is 4.79 Å². The molecular formula is C20H22F2N4O2. The second-order valence-electron chi connectivity index (χ2n) is 7.46. The van der Waals surface area contributed by atoms with Crippen molar-refractivity contribution in [1.82, 2.24) is 14.9 Å². The van der Waals surface area contributed by atoms with Gasteiger partial charge in [0.15, 0.2) is 0 Å². The topological polar surface area (TPSA) is 58.6 Å². The molecule has 2 aliphatic rings. The lowest BCUT2D eigenvalue weighted by Gasteiger charge is -2.23. The van der Waals surface area contributed by atoms with Crippen molar-refractivity contribution in [3.63, 3.8) is 0 Å². The molecule has 0 aliphatic carbocycles. The van der Waals surface area contributed by atoms with Gasteiger partial charge in [-0.2, -0.15) is 8.78 Å². The Morgan fingerprint density at radius 2 is 1.68 bits per heavy atom. The Kier molecular flexibility index (Phi) is 4.87. The zero-order valence-corrected chi connectivity index (χ0v) is 15.8. The number of aryl methyl sites for hydroxylation is 2. The molecule has 2 aliphatic heterocycles. The van der Waals surface area contributed by atoms with Gasteiger partial charge in [-0.05, 0) is 32.0 Å². The summed E-state index contributed by atoms with van der Waals surface area (Å²) in [5.41, 5.74) is 2.05. The minimum atomic E-state index is -2.96. The first-order valence-electron chi connectivity index (χ1n) is 9.31. The Labute approximate surface area is 162 Å². The van der Waals surface area contributed by atoms with Gasteiger partial charge in [0, 0.05) is 49.4 Å². The van der Waals surface area contributed by atoms with Crippen LogP contribution in [0.5, 0.6) is 5.75 Å². The van der Waals surface area contributed by atoms with E-state index in [1.165, 1.54) is 12.1 Å². The number of para-hydroxylation sites is 1. The smallest absolute Gasteiger partial charge is 0.387 e. The Morgan fingerprint density at radius 3 is 2.29 bits per heavy atom. The third-order valence-electron chi connectivity index (χ3n) is 5.36. The van der Waals surface area contributed by atoms with Crippen molar-refractivity contribution >= 4 is 11.9 Å². The summed E-state index contributed by atoms with van der Waals surface area (Å²) in [5.74, 6) is 1.03. The van der Waals surface area contributed by atoms with Gasteiger partial charge in [0.05, 0.1) is 5.56 Å². The molecule has 2 aromatic rings. The predicted octanol–water partition coefficient (Wildman–Crippen LogP) is 2.90. The first-order chi connectivity index (χ1) is 13.4. The molecule has 2 atom stereocenters. The number of alkyl halides is 2. The zero-order valence-electron chi connectivity index (χ0n) is 15.8. The van der Waals surface area contributed by atoms with E-state index in [-0.39, 0.29) is 17.2 Å². The number of hydrogen-bond acceptors (Lipinski definition) is 5. The molecule has 8 heteroatoms. The van der Waals surface area contributed by atoms with Gasteiger partial charge in [-0.15, -0.1) is 0 Å².